The van der Waals surface area contributed by atoms with E-state index in [9.17, 15) is 4.79 Å². The van der Waals surface area contributed by atoms with E-state index in [1.807, 2.05) is 31.2 Å². The van der Waals surface area contributed by atoms with Crippen molar-refractivity contribution < 1.29 is 9.53 Å². The van der Waals surface area contributed by atoms with Crippen LogP contribution in [-0.2, 0) is 4.79 Å². The van der Waals surface area contributed by atoms with Crippen LogP contribution < -0.4 is 10.1 Å². The second kappa shape index (κ2) is 8.06. The molecule has 3 nitrogen and oxygen atoms in total. The Morgan fingerprint density at radius 2 is 1.95 bits per heavy atom. The Labute approximate surface area is 140 Å². The van der Waals surface area contributed by atoms with Crippen molar-refractivity contribution in [1.29, 1.82) is 0 Å². The zero-order valence-corrected chi connectivity index (χ0v) is 13.7. The Morgan fingerprint density at radius 3 is 2.68 bits per heavy atom. The third-order valence-electron chi connectivity index (χ3n) is 3.09. The number of rotatable bonds is 6. The van der Waals surface area contributed by atoms with Gasteiger partial charge in [-0.25, -0.2) is 0 Å². The number of amides is 1. The number of carbonyl (C=O) groups excluding carboxylic acids is 1. The van der Waals surface area contributed by atoms with E-state index in [1.54, 1.807) is 18.2 Å². The first-order valence-electron chi connectivity index (χ1n) is 6.99. The van der Waals surface area contributed by atoms with E-state index < -0.39 is 0 Å². The summed E-state index contributed by atoms with van der Waals surface area (Å²) in [5.74, 6) is 0.709. The lowest BCUT2D eigenvalue weighted by atomic mass is 10.2. The number of nitrogens with one attached hydrogen (secondary N) is 1. The fourth-order valence-electron chi connectivity index (χ4n) is 1.96. The summed E-state index contributed by atoms with van der Waals surface area (Å²) in [5, 5.41) is 4.00. The highest BCUT2D eigenvalue weighted by molar-refractivity contribution is 6.33. The average molecular weight is 338 g/mol. The predicted molar refractivity (Wildman–Crippen MR) is 91.0 cm³/mol. The summed E-state index contributed by atoms with van der Waals surface area (Å²) in [6.45, 7) is 2.41. The van der Waals surface area contributed by atoms with Crippen molar-refractivity contribution in [3.8, 4) is 5.75 Å². The molecule has 2 aromatic carbocycles. The maximum Gasteiger partial charge on any atom is 0.224 e. The van der Waals surface area contributed by atoms with Gasteiger partial charge in [0.25, 0.3) is 0 Å². The molecule has 0 heterocycles. The minimum absolute atomic E-state index is 0.0791. The number of benzene rings is 2. The van der Waals surface area contributed by atoms with E-state index in [2.05, 4.69) is 5.32 Å². The van der Waals surface area contributed by atoms with E-state index in [4.69, 9.17) is 27.9 Å². The maximum atomic E-state index is 11.8. The fourth-order valence-corrected chi connectivity index (χ4v) is 2.37. The molecule has 1 N–H and O–H groups in total. The summed E-state index contributed by atoms with van der Waals surface area (Å²) in [6, 6.07) is 12.6. The summed E-state index contributed by atoms with van der Waals surface area (Å²) in [5.41, 5.74) is 1.61. The lowest BCUT2D eigenvalue weighted by Gasteiger charge is -2.10. The van der Waals surface area contributed by atoms with Crippen LogP contribution in [0.1, 0.15) is 18.4 Å². The standard InChI is InChI=1S/C17H17Cl2NO2/c1-12-11-13(18)8-9-16(12)22-10-4-7-17(21)20-15-6-3-2-5-14(15)19/h2-3,5-6,8-9,11H,4,7,10H2,1H3,(H,20,21). The Morgan fingerprint density at radius 1 is 1.18 bits per heavy atom. The zero-order chi connectivity index (χ0) is 15.9. The molecule has 0 fully saturated rings. The van der Waals surface area contributed by atoms with Gasteiger partial charge < -0.3 is 10.1 Å². The number of halogens is 2. The van der Waals surface area contributed by atoms with Crippen molar-refractivity contribution in [2.75, 3.05) is 11.9 Å². The summed E-state index contributed by atoms with van der Waals surface area (Å²) < 4.78 is 5.65. The molecule has 1 amide bonds. The topological polar surface area (TPSA) is 38.3 Å². The van der Waals surface area contributed by atoms with Crippen molar-refractivity contribution in [1.82, 2.24) is 0 Å². The van der Waals surface area contributed by atoms with Gasteiger partial charge in [0.2, 0.25) is 5.91 Å². The molecule has 0 atom stereocenters. The third-order valence-corrected chi connectivity index (χ3v) is 3.66. The predicted octanol–water partition coefficient (Wildman–Crippen LogP) is 5.10. The van der Waals surface area contributed by atoms with Crippen molar-refractivity contribution in [3.05, 3.63) is 58.1 Å². The monoisotopic (exact) mass is 337 g/mol. The number of anilines is 1. The van der Waals surface area contributed by atoms with Gasteiger partial charge in [-0.2, -0.15) is 0 Å². The molecule has 0 aliphatic heterocycles. The van der Waals surface area contributed by atoms with Gasteiger partial charge in [0, 0.05) is 11.4 Å². The smallest absolute Gasteiger partial charge is 0.224 e. The lowest BCUT2D eigenvalue weighted by molar-refractivity contribution is -0.116. The van der Waals surface area contributed by atoms with Crippen LogP contribution in [0.25, 0.3) is 0 Å². The van der Waals surface area contributed by atoms with Crippen LogP contribution in [0, 0.1) is 6.92 Å². The average Bonchev–Trinajstić information content (AvgIpc) is 2.48. The van der Waals surface area contributed by atoms with Crippen LogP contribution >= 0.6 is 23.2 Å². The highest BCUT2D eigenvalue weighted by Crippen LogP contribution is 2.22. The van der Waals surface area contributed by atoms with Gasteiger partial charge in [-0.3, -0.25) is 4.79 Å². The highest BCUT2D eigenvalue weighted by atomic mass is 35.5. The van der Waals surface area contributed by atoms with Crippen LogP contribution in [0.15, 0.2) is 42.5 Å². The fraction of sp³-hybridized carbons (Fsp3) is 0.235. The molecular formula is C17H17Cl2NO2. The minimum atomic E-state index is -0.0791. The Kier molecular flexibility index (Phi) is 6.10. The molecule has 22 heavy (non-hydrogen) atoms. The molecule has 0 aliphatic carbocycles. The van der Waals surface area contributed by atoms with Crippen LogP contribution in [-0.4, -0.2) is 12.5 Å². The number of carbonyl (C=O) groups is 1. The van der Waals surface area contributed by atoms with Gasteiger partial charge in [-0.1, -0.05) is 35.3 Å². The quantitative estimate of drug-likeness (QED) is 0.744. The van der Waals surface area contributed by atoms with E-state index >= 15 is 0 Å². The Bertz CT molecular complexity index is 659. The van der Waals surface area contributed by atoms with Gasteiger partial charge in [-0.05, 0) is 49.2 Å². The van der Waals surface area contributed by atoms with Gasteiger partial charge in [-0.15, -0.1) is 0 Å². The molecule has 5 heteroatoms. The molecule has 2 rings (SSSR count). The van der Waals surface area contributed by atoms with Crippen molar-refractivity contribution >= 4 is 34.8 Å². The van der Waals surface area contributed by atoms with Crippen molar-refractivity contribution in [2.24, 2.45) is 0 Å². The number of para-hydroxylation sites is 1. The molecule has 0 radical (unpaired) electrons. The second-order valence-corrected chi connectivity index (χ2v) is 5.73. The van der Waals surface area contributed by atoms with Crippen LogP contribution in [0.2, 0.25) is 10.0 Å². The minimum Gasteiger partial charge on any atom is -0.493 e. The molecule has 0 aliphatic rings. The lowest BCUT2D eigenvalue weighted by Crippen LogP contribution is -2.13. The van der Waals surface area contributed by atoms with Crippen LogP contribution in [0.5, 0.6) is 5.75 Å². The van der Waals surface area contributed by atoms with E-state index in [0.717, 1.165) is 11.3 Å². The third kappa shape index (κ3) is 4.93. The molecule has 0 saturated heterocycles. The Balaban J connectivity index is 1.74. The molecule has 0 aromatic heterocycles. The Hall–Kier alpha value is -1.71. The maximum absolute atomic E-state index is 11.8. The first-order valence-corrected chi connectivity index (χ1v) is 7.75. The number of aryl methyl sites for hydroxylation is 1. The van der Waals surface area contributed by atoms with Crippen molar-refractivity contribution in [2.45, 2.75) is 19.8 Å². The molecule has 2 aromatic rings. The molecule has 0 bridgehead atoms. The molecule has 0 unspecified atom stereocenters. The summed E-state index contributed by atoms with van der Waals surface area (Å²) >= 11 is 11.9. The normalized spacial score (nSPS) is 10.3. The second-order valence-electron chi connectivity index (χ2n) is 4.89. The summed E-state index contributed by atoms with van der Waals surface area (Å²) in [4.78, 5) is 11.8. The van der Waals surface area contributed by atoms with E-state index in [0.29, 0.717) is 35.2 Å². The molecular weight excluding hydrogens is 321 g/mol. The summed E-state index contributed by atoms with van der Waals surface area (Å²) in [6.07, 6.45) is 0.996. The van der Waals surface area contributed by atoms with Gasteiger partial charge in [0.1, 0.15) is 5.75 Å². The zero-order valence-electron chi connectivity index (χ0n) is 12.2. The van der Waals surface area contributed by atoms with Crippen molar-refractivity contribution in [3.63, 3.8) is 0 Å². The van der Waals surface area contributed by atoms with Gasteiger partial charge in [0.05, 0.1) is 17.3 Å². The molecule has 0 saturated carbocycles. The largest absolute Gasteiger partial charge is 0.493 e. The van der Waals surface area contributed by atoms with E-state index in [-0.39, 0.29) is 5.91 Å². The highest BCUT2D eigenvalue weighted by Gasteiger charge is 2.06. The first-order chi connectivity index (χ1) is 10.6. The molecule has 116 valence electrons. The van der Waals surface area contributed by atoms with Crippen LogP contribution in [0.3, 0.4) is 0 Å². The number of ether oxygens (including phenoxy) is 1. The van der Waals surface area contributed by atoms with Gasteiger partial charge in [0.15, 0.2) is 0 Å². The SMILES string of the molecule is Cc1cc(Cl)ccc1OCCCC(=O)Nc1ccccc1Cl. The molecule has 0 spiro atoms. The first kappa shape index (κ1) is 16.7. The van der Waals surface area contributed by atoms with E-state index in [1.165, 1.54) is 0 Å². The number of hydrogen-bond acceptors (Lipinski definition) is 2. The summed E-state index contributed by atoms with van der Waals surface area (Å²) in [7, 11) is 0. The van der Waals surface area contributed by atoms with Gasteiger partial charge >= 0.3 is 0 Å². The van der Waals surface area contributed by atoms with Crippen LogP contribution in [0.4, 0.5) is 5.69 Å². The number of hydrogen-bond donors (Lipinski definition) is 1.